The van der Waals surface area contributed by atoms with Crippen LogP contribution in [0.1, 0.15) is 33.1 Å². The summed E-state index contributed by atoms with van der Waals surface area (Å²) in [4.78, 5) is 13.1. The molecular weight excluding hydrogens is 242 g/mol. The van der Waals surface area contributed by atoms with Crippen molar-refractivity contribution in [3.05, 3.63) is 0 Å². The van der Waals surface area contributed by atoms with E-state index in [4.69, 9.17) is 9.84 Å². The third-order valence-corrected chi connectivity index (χ3v) is 2.92. The van der Waals surface area contributed by atoms with Gasteiger partial charge in [0.2, 0.25) is 0 Å². The number of carboxylic acid groups (broad SMARTS) is 1. The Bertz CT molecular complexity index is 224. The van der Waals surface area contributed by atoms with Gasteiger partial charge in [0, 0.05) is 19.7 Å². The van der Waals surface area contributed by atoms with E-state index >= 15 is 0 Å². The van der Waals surface area contributed by atoms with Crippen molar-refractivity contribution < 1.29 is 14.6 Å². The predicted molar refractivity (Wildman–Crippen MR) is 69.8 cm³/mol. The molecule has 0 aromatic carbocycles. The third kappa shape index (κ3) is 6.86. The maximum atomic E-state index is 10.9. The molecule has 0 saturated carbocycles. The van der Waals surface area contributed by atoms with Gasteiger partial charge in [0.15, 0.2) is 0 Å². The van der Waals surface area contributed by atoms with E-state index < -0.39 is 5.97 Å². The number of halogens is 1. The summed E-state index contributed by atoms with van der Waals surface area (Å²) >= 11 is 0. The zero-order chi connectivity index (χ0) is 12.0. The standard InChI is InChI=1S/C12H23NO3.ClH/c1-10(2)16-8-4-7-13-6-3-5-11(9-13)12(14)15;/h10-11H,3-9H2,1-2H3,(H,14,15);1H. The van der Waals surface area contributed by atoms with Crippen LogP contribution in [0.15, 0.2) is 0 Å². The molecule has 1 fully saturated rings. The van der Waals surface area contributed by atoms with Crippen molar-refractivity contribution in [2.75, 3.05) is 26.2 Å². The largest absolute Gasteiger partial charge is 0.481 e. The quantitative estimate of drug-likeness (QED) is 0.747. The molecular formula is C12H24ClNO3. The first-order chi connectivity index (χ1) is 7.59. The average Bonchev–Trinajstić information content (AvgIpc) is 2.24. The highest BCUT2D eigenvalue weighted by Gasteiger charge is 2.24. The summed E-state index contributed by atoms with van der Waals surface area (Å²) in [7, 11) is 0. The van der Waals surface area contributed by atoms with Crippen LogP contribution in [-0.4, -0.2) is 48.3 Å². The van der Waals surface area contributed by atoms with Crippen LogP contribution in [0, 0.1) is 5.92 Å². The lowest BCUT2D eigenvalue weighted by atomic mass is 9.98. The molecule has 0 amide bonds. The first-order valence-electron chi connectivity index (χ1n) is 6.16. The second-order valence-corrected chi connectivity index (χ2v) is 4.75. The molecule has 1 heterocycles. The summed E-state index contributed by atoms with van der Waals surface area (Å²) in [6, 6.07) is 0. The summed E-state index contributed by atoms with van der Waals surface area (Å²) in [5, 5.41) is 8.95. The number of nitrogens with zero attached hydrogens (tertiary/aromatic N) is 1. The van der Waals surface area contributed by atoms with Gasteiger partial charge in [-0.1, -0.05) is 0 Å². The summed E-state index contributed by atoms with van der Waals surface area (Å²) in [5.41, 5.74) is 0. The van der Waals surface area contributed by atoms with Gasteiger partial charge in [-0.25, -0.2) is 0 Å². The smallest absolute Gasteiger partial charge is 0.307 e. The fourth-order valence-electron chi connectivity index (χ4n) is 2.07. The second kappa shape index (κ2) is 8.72. The summed E-state index contributed by atoms with van der Waals surface area (Å²) in [5.74, 6) is -0.817. The number of rotatable bonds is 6. The highest BCUT2D eigenvalue weighted by molar-refractivity contribution is 5.85. The van der Waals surface area contributed by atoms with E-state index in [-0.39, 0.29) is 24.4 Å². The molecule has 102 valence electrons. The molecule has 1 rings (SSSR count). The predicted octanol–water partition coefficient (Wildman–Crippen LogP) is 2.02. The molecule has 0 radical (unpaired) electrons. The highest BCUT2D eigenvalue weighted by Crippen LogP contribution is 2.16. The fourth-order valence-corrected chi connectivity index (χ4v) is 2.07. The maximum absolute atomic E-state index is 10.9. The number of piperidine rings is 1. The number of carbonyl (C=O) groups is 1. The summed E-state index contributed by atoms with van der Waals surface area (Å²) < 4.78 is 5.46. The number of carboxylic acids is 1. The minimum Gasteiger partial charge on any atom is -0.481 e. The Labute approximate surface area is 110 Å². The molecule has 1 unspecified atom stereocenters. The van der Waals surface area contributed by atoms with Gasteiger partial charge in [-0.15, -0.1) is 12.4 Å². The van der Waals surface area contributed by atoms with E-state index in [0.717, 1.165) is 39.0 Å². The van der Waals surface area contributed by atoms with Crippen molar-refractivity contribution in [2.24, 2.45) is 5.92 Å². The van der Waals surface area contributed by atoms with Gasteiger partial charge < -0.3 is 14.7 Å². The van der Waals surface area contributed by atoms with E-state index in [0.29, 0.717) is 6.54 Å². The van der Waals surface area contributed by atoms with E-state index in [1.54, 1.807) is 0 Å². The van der Waals surface area contributed by atoms with E-state index in [1.165, 1.54) is 0 Å². The number of hydrogen-bond donors (Lipinski definition) is 1. The molecule has 0 aromatic rings. The van der Waals surface area contributed by atoms with Gasteiger partial charge in [-0.2, -0.15) is 0 Å². The summed E-state index contributed by atoms with van der Waals surface area (Å²) in [6.45, 7) is 7.52. The van der Waals surface area contributed by atoms with Crippen LogP contribution in [0.25, 0.3) is 0 Å². The molecule has 5 heteroatoms. The molecule has 0 bridgehead atoms. The van der Waals surface area contributed by atoms with Crippen molar-refractivity contribution in [1.29, 1.82) is 0 Å². The zero-order valence-corrected chi connectivity index (χ0v) is 11.5. The Balaban J connectivity index is 0.00000256. The second-order valence-electron chi connectivity index (χ2n) is 4.75. The van der Waals surface area contributed by atoms with Gasteiger partial charge in [-0.05, 0) is 39.7 Å². The normalized spacial score (nSPS) is 21.2. The zero-order valence-electron chi connectivity index (χ0n) is 10.7. The number of likely N-dealkylation sites (tertiary alicyclic amines) is 1. The summed E-state index contributed by atoms with van der Waals surface area (Å²) in [6.07, 6.45) is 3.11. The monoisotopic (exact) mass is 265 g/mol. The Morgan fingerprint density at radius 1 is 1.53 bits per heavy atom. The van der Waals surface area contributed by atoms with Crippen LogP contribution in [-0.2, 0) is 9.53 Å². The highest BCUT2D eigenvalue weighted by atomic mass is 35.5. The molecule has 1 atom stereocenters. The Hall–Kier alpha value is -0.320. The van der Waals surface area contributed by atoms with Crippen molar-refractivity contribution >= 4 is 18.4 Å². The van der Waals surface area contributed by atoms with Gasteiger partial charge >= 0.3 is 5.97 Å². The van der Waals surface area contributed by atoms with Crippen molar-refractivity contribution in [2.45, 2.75) is 39.2 Å². The van der Waals surface area contributed by atoms with Crippen LogP contribution in [0.4, 0.5) is 0 Å². The number of aliphatic carboxylic acids is 1. The molecule has 1 aliphatic rings. The SMILES string of the molecule is CC(C)OCCCN1CCCC(C(=O)O)C1.Cl. The molecule has 17 heavy (non-hydrogen) atoms. The van der Waals surface area contributed by atoms with Gasteiger partial charge in [0.1, 0.15) is 0 Å². The molecule has 0 aliphatic carbocycles. The van der Waals surface area contributed by atoms with Crippen LogP contribution in [0.3, 0.4) is 0 Å². The molecule has 0 aromatic heterocycles. The van der Waals surface area contributed by atoms with Crippen molar-refractivity contribution in [1.82, 2.24) is 4.90 Å². The minimum absolute atomic E-state index is 0. The molecule has 1 N–H and O–H groups in total. The minimum atomic E-state index is -0.650. The first kappa shape index (κ1) is 16.7. The van der Waals surface area contributed by atoms with Crippen LogP contribution in [0.5, 0.6) is 0 Å². The Kier molecular flexibility index (Phi) is 8.56. The van der Waals surface area contributed by atoms with Gasteiger partial charge in [0.25, 0.3) is 0 Å². The van der Waals surface area contributed by atoms with Crippen molar-refractivity contribution in [3.8, 4) is 0 Å². The van der Waals surface area contributed by atoms with E-state index in [9.17, 15) is 4.79 Å². The third-order valence-electron chi connectivity index (χ3n) is 2.92. The Morgan fingerprint density at radius 3 is 2.82 bits per heavy atom. The lowest BCUT2D eigenvalue weighted by Gasteiger charge is -2.30. The molecule has 1 aliphatic heterocycles. The van der Waals surface area contributed by atoms with Gasteiger partial charge in [-0.3, -0.25) is 4.79 Å². The van der Waals surface area contributed by atoms with E-state index in [1.807, 2.05) is 13.8 Å². The molecule has 1 saturated heterocycles. The lowest BCUT2D eigenvalue weighted by Crippen LogP contribution is -2.39. The van der Waals surface area contributed by atoms with Gasteiger partial charge in [0.05, 0.1) is 12.0 Å². The average molecular weight is 266 g/mol. The fraction of sp³-hybridized carbons (Fsp3) is 0.917. The molecule has 0 spiro atoms. The maximum Gasteiger partial charge on any atom is 0.307 e. The van der Waals surface area contributed by atoms with Crippen LogP contribution >= 0.6 is 12.4 Å². The first-order valence-corrected chi connectivity index (χ1v) is 6.16. The number of hydrogen-bond acceptors (Lipinski definition) is 3. The molecule has 4 nitrogen and oxygen atoms in total. The van der Waals surface area contributed by atoms with Crippen LogP contribution in [0.2, 0.25) is 0 Å². The van der Waals surface area contributed by atoms with E-state index in [2.05, 4.69) is 4.90 Å². The number of ether oxygens (including phenoxy) is 1. The topological polar surface area (TPSA) is 49.8 Å². The lowest BCUT2D eigenvalue weighted by molar-refractivity contribution is -0.143. The van der Waals surface area contributed by atoms with Crippen molar-refractivity contribution in [3.63, 3.8) is 0 Å². The van der Waals surface area contributed by atoms with Crippen LogP contribution < -0.4 is 0 Å². The Morgan fingerprint density at radius 2 is 2.24 bits per heavy atom.